The summed E-state index contributed by atoms with van der Waals surface area (Å²) in [5.41, 5.74) is 5.75. The molecule has 0 radical (unpaired) electrons. The van der Waals surface area contributed by atoms with Crippen molar-refractivity contribution in [1.29, 1.82) is 0 Å². The second-order valence-corrected chi connectivity index (χ2v) is 5.25. The van der Waals surface area contributed by atoms with Gasteiger partial charge >= 0.3 is 0 Å². The summed E-state index contributed by atoms with van der Waals surface area (Å²) in [6, 6.07) is 0.565. The SMILES string of the molecule is NCC1CCCN(Cc2nnnn2C2CC2)C1. The van der Waals surface area contributed by atoms with Gasteiger partial charge in [-0.2, -0.15) is 0 Å². The largest absolute Gasteiger partial charge is 0.330 e. The van der Waals surface area contributed by atoms with Crippen molar-refractivity contribution in [3.8, 4) is 0 Å². The molecule has 1 aliphatic heterocycles. The second-order valence-electron chi connectivity index (χ2n) is 5.25. The molecular weight excluding hydrogens is 216 g/mol. The van der Waals surface area contributed by atoms with Crippen LogP contribution in [0, 0.1) is 5.92 Å². The average Bonchev–Trinajstić information content (AvgIpc) is 3.11. The Morgan fingerprint density at radius 1 is 1.29 bits per heavy atom. The van der Waals surface area contributed by atoms with Crippen molar-refractivity contribution in [3.63, 3.8) is 0 Å². The topological polar surface area (TPSA) is 72.9 Å². The monoisotopic (exact) mass is 236 g/mol. The molecule has 6 heteroatoms. The number of piperidine rings is 1. The Kier molecular flexibility index (Phi) is 3.07. The lowest BCUT2D eigenvalue weighted by Gasteiger charge is -2.31. The Labute approximate surface area is 101 Å². The zero-order chi connectivity index (χ0) is 11.7. The molecule has 2 heterocycles. The fourth-order valence-corrected chi connectivity index (χ4v) is 2.61. The van der Waals surface area contributed by atoms with Crippen LogP contribution in [0.1, 0.15) is 37.5 Å². The Balaban J connectivity index is 1.63. The summed E-state index contributed by atoms with van der Waals surface area (Å²) in [5, 5.41) is 12.0. The van der Waals surface area contributed by atoms with Gasteiger partial charge in [-0.25, -0.2) is 4.68 Å². The molecule has 17 heavy (non-hydrogen) atoms. The number of tetrazole rings is 1. The molecule has 1 saturated carbocycles. The maximum Gasteiger partial charge on any atom is 0.165 e. The average molecular weight is 236 g/mol. The maximum atomic E-state index is 5.75. The van der Waals surface area contributed by atoms with Gasteiger partial charge < -0.3 is 5.73 Å². The van der Waals surface area contributed by atoms with Gasteiger partial charge in [-0.1, -0.05) is 0 Å². The molecule has 1 aromatic rings. The zero-order valence-corrected chi connectivity index (χ0v) is 10.1. The van der Waals surface area contributed by atoms with Gasteiger partial charge in [0.2, 0.25) is 0 Å². The van der Waals surface area contributed by atoms with E-state index in [4.69, 9.17) is 5.73 Å². The van der Waals surface area contributed by atoms with Gasteiger partial charge in [-0.3, -0.25) is 4.90 Å². The van der Waals surface area contributed by atoms with E-state index in [-0.39, 0.29) is 0 Å². The molecule has 2 fully saturated rings. The molecule has 1 aliphatic carbocycles. The third-order valence-electron chi connectivity index (χ3n) is 3.76. The van der Waals surface area contributed by atoms with Gasteiger partial charge in [0.05, 0.1) is 12.6 Å². The van der Waals surface area contributed by atoms with E-state index in [0.717, 1.165) is 32.0 Å². The van der Waals surface area contributed by atoms with Crippen molar-refractivity contribution in [3.05, 3.63) is 5.82 Å². The molecule has 0 aromatic carbocycles. The van der Waals surface area contributed by atoms with E-state index < -0.39 is 0 Å². The summed E-state index contributed by atoms with van der Waals surface area (Å²) in [6.45, 7) is 3.91. The van der Waals surface area contributed by atoms with Crippen LogP contribution < -0.4 is 5.73 Å². The number of rotatable bonds is 4. The van der Waals surface area contributed by atoms with Crippen LogP contribution in [0.15, 0.2) is 0 Å². The highest BCUT2D eigenvalue weighted by Gasteiger charge is 2.29. The first-order valence-corrected chi connectivity index (χ1v) is 6.56. The van der Waals surface area contributed by atoms with Crippen LogP contribution in [0.2, 0.25) is 0 Å². The summed E-state index contributed by atoms with van der Waals surface area (Å²) < 4.78 is 2.01. The number of hydrogen-bond acceptors (Lipinski definition) is 5. The lowest BCUT2D eigenvalue weighted by atomic mass is 9.98. The van der Waals surface area contributed by atoms with E-state index in [1.54, 1.807) is 0 Å². The molecule has 1 saturated heterocycles. The molecule has 0 amide bonds. The summed E-state index contributed by atoms with van der Waals surface area (Å²) in [4.78, 5) is 2.44. The highest BCUT2D eigenvalue weighted by atomic mass is 15.6. The van der Waals surface area contributed by atoms with Gasteiger partial charge in [-0.05, 0) is 55.1 Å². The van der Waals surface area contributed by atoms with E-state index in [0.29, 0.717) is 12.0 Å². The fourth-order valence-electron chi connectivity index (χ4n) is 2.61. The Morgan fingerprint density at radius 2 is 2.18 bits per heavy atom. The molecule has 0 bridgehead atoms. The maximum absolute atomic E-state index is 5.75. The zero-order valence-electron chi connectivity index (χ0n) is 10.1. The lowest BCUT2D eigenvalue weighted by Crippen LogP contribution is -2.38. The first-order chi connectivity index (χ1) is 8.36. The minimum atomic E-state index is 0.565. The van der Waals surface area contributed by atoms with Gasteiger partial charge in [0.25, 0.3) is 0 Å². The van der Waals surface area contributed by atoms with Crippen molar-refractivity contribution >= 4 is 0 Å². The third kappa shape index (κ3) is 2.47. The molecule has 2 aliphatic rings. The van der Waals surface area contributed by atoms with Crippen LogP contribution in [0.3, 0.4) is 0 Å². The lowest BCUT2D eigenvalue weighted by molar-refractivity contribution is 0.165. The van der Waals surface area contributed by atoms with Gasteiger partial charge in [0, 0.05) is 6.54 Å². The minimum absolute atomic E-state index is 0.565. The normalized spacial score (nSPS) is 26.3. The van der Waals surface area contributed by atoms with E-state index in [1.165, 1.54) is 25.7 Å². The molecule has 1 aromatic heterocycles. The van der Waals surface area contributed by atoms with E-state index in [2.05, 4.69) is 20.4 Å². The third-order valence-corrected chi connectivity index (χ3v) is 3.76. The summed E-state index contributed by atoms with van der Waals surface area (Å²) in [5.74, 6) is 1.67. The molecule has 94 valence electrons. The summed E-state index contributed by atoms with van der Waals surface area (Å²) in [7, 11) is 0. The van der Waals surface area contributed by atoms with Gasteiger partial charge in [0.15, 0.2) is 5.82 Å². The predicted octanol–water partition coefficient (Wildman–Crippen LogP) is 0.179. The van der Waals surface area contributed by atoms with Crippen LogP contribution in [-0.2, 0) is 6.54 Å². The molecule has 6 nitrogen and oxygen atoms in total. The van der Waals surface area contributed by atoms with E-state index in [1.807, 2.05) is 4.68 Å². The van der Waals surface area contributed by atoms with Crippen LogP contribution in [-0.4, -0.2) is 44.7 Å². The van der Waals surface area contributed by atoms with E-state index >= 15 is 0 Å². The molecule has 2 N–H and O–H groups in total. The van der Waals surface area contributed by atoms with Crippen molar-refractivity contribution in [2.45, 2.75) is 38.3 Å². The highest BCUT2D eigenvalue weighted by molar-refractivity contribution is 4.91. The highest BCUT2D eigenvalue weighted by Crippen LogP contribution is 2.34. The molecule has 1 unspecified atom stereocenters. The standard InChI is InChI=1S/C11H20N6/c12-6-9-2-1-5-16(7-9)8-11-13-14-15-17(11)10-3-4-10/h9-10H,1-8,12H2. The minimum Gasteiger partial charge on any atom is -0.330 e. The van der Waals surface area contributed by atoms with Crippen LogP contribution in [0.4, 0.5) is 0 Å². The van der Waals surface area contributed by atoms with Crippen LogP contribution in [0.25, 0.3) is 0 Å². The number of aromatic nitrogens is 4. The number of nitrogens with two attached hydrogens (primary N) is 1. The number of nitrogens with zero attached hydrogens (tertiary/aromatic N) is 5. The Hall–Kier alpha value is -1.01. The first kappa shape index (κ1) is 11.1. The predicted molar refractivity (Wildman–Crippen MR) is 63.1 cm³/mol. The van der Waals surface area contributed by atoms with Crippen molar-refractivity contribution in [1.82, 2.24) is 25.1 Å². The van der Waals surface area contributed by atoms with Crippen LogP contribution >= 0.6 is 0 Å². The molecule has 1 atom stereocenters. The second kappa shape index (κ2) is 4.70. The van der Waals surface area contributed by atoms with Gasteiger partial charge in [0.1, 0.15) is 0 Å². The van der Waals surface area contributed by atoms with E-state index in [9.17, 15) is 0 Å². The molecule has 0 spiro atoms. The molecular formula is C11H20N6. The number of likely N-dealkylation sites (tertiary alicyclic amines) is 1. The fraction of sp³-hybridized carbons (Fsp3) is 0.909. The first-order valence-electron chi connectivity index (χ1n) is 6.56. The van der Waals surface area contributed by atoms with Crippen LogP contribution in [0.5, 0.6) is 0 Å². The van der Waals surface area contributed by atoms with Crippen molar-refractivity contribution in [2.24, 2.45) is 11.7 Å². The Bertz CT molecular complexity index is 372. The van der Waals surface area contributed by atoms with Crippen molar-refractivity contribution < 1.29 is 0 Å². The quantitative estimate of drug-likeness (QED) is 0.807. The van der Waals surface area contributed by atoms with Gasteiger partial charge in [-0.15, -0.1) is 5.10 Å². The summed E-state index contributed by atoms with van der Waals surface area (Å²) in [6.07, 6.45) is 4.96. The smallest absolute Gasteiger partial charge is 0.165 e. The summed E-state index contributed by atoms with van der Waals surface area (Å²) >= 11 is 0. The number of hydrogen-bond donors (Lipinski definition) is 1. The van der Waals surface area contributed by atoms with Crippen molar-refractivity contribution in [2.75, 3.05) is 19.6 Å². The Morgan fingerprint density at radius 3 is 2.94 bits per heavy atom. The molecule has 3 rings (SSSR count).